The van der Waals surface area contributed by atoms with Gasteiger partial charge in [-0.3, -0.25) is 0 Å². The van der Waals surface area contributed by atoms with E-state index >= 15 is 0 Å². The average molecular weight is 215 g/mol. The molecule has 0 bridgehead atoms. The minimum absolute atomic E-state index is 0.730. The maximum Gasteiger partial charge on any atom is 0.168 e. The van der Waals surface area contributed by atoms with E-state index in [4.69, 9.17) is 10.2 Å². The van der Waals surface area contributed by atoms with Crippen LogP contribution in [0.3, 0.4) is 0 Å². The number of nitrogens with two attached hydrogens (primary N) is 1. The molecule has 2 aromatic heterocycles. The number of nitrogen functional groups attached to an aromatic ring is 1. The van der Waals surface area contributed by atoms with E-state index < -0.39 is 0 Å². The lowest BCUT2D eigenvalue weighted by Crippen LogP contribution is -1.83. The van der Waals surface area contributed by atoms with Gasteiger partial charge in [-0.25, -0.2) is 0 Å². The molecule has 2 heterocycles. The highest BCUT2D eigenvalue weighted by Crippen LogP contribution is 2.37. The summed E-state index contributed by atoms with van der Waals surface area (Å²) in [6.07, 6.45) is 0. The summed E-state index contributed by atoms with van der Waals surface area (Å²) in [7, 11) is 0. The van der Waals surface area contributed by atoms with Crippen molar-refractivity contribution in [1.29, 1.82) is 0 Å². The van der Waals surface area contributed by atoms with Crippen LogP contribution in [0.25, 0.3) is 21.6 Å². The first kappa shape index (κ1) is 8.56. The van der Waals surface area contributed by atoms with Crippen molar-refractivity contribution in [3.8, 4) is 10.6 Å². The quantitative estimate of drug-likeness (QED) is 0.671. The third-order valence-corrected chi connectivity index (χ3v) is 3.25. The summed E-state index contributed by atoms with van der Waals surface area (Å²) >= 11 is 1.63. The number of hydrogen-bond donors (Lipinski definition) is 1. The van der Waals surface area contributed by atoms with Crippen LogP contribution in [0.15, 0.2) is 46.2 Å². The number of rotatable bonds is 1. The smallest absolute Gasteiger partial charge is 0.168 e. The molecular formula is C12H9NOS. The summed E-state index contributed by atoms with van der Waals surface area (Å²) < 4.78 is 5.73. The summed E-state index contributed by atoms with van der Waals surface area (Å²) in [5, 5.41) is 3.00. The van der Waals surface area contributed by atoms with Crippen molar-refractivity contribution in [3.05, 3.63) is 41.8 Å². The van der Waals surface area contributed by atoms with Crippen molar-refractivity contribution in [3.63, 3.8) is 0 Å². The van der Waals surface area contributed by atoms with Crippen molar-refractivity contribution < 1.29 is 4.42 Å². The summed E-state index contributed by atoms with van der Waals surface area (Å²) in [6, 6.07) is 11.8. The predicted octanol–water partition coefficient (Wildman–Crippen LogP) is 3.74. The summed E-state index contributed by atoms with van der Waals surface area (Å²) in [5.41, 5.74) is 7.62. The number of para-hydroxylation sites is 1. The highest BCUT2D eigenvalue weighted by Gasteiger charge is 2.12. The Balaban J connectivity index is 2.33. The van der Waals surface area contributed by atoms with E-state index in [1.165, 1.54) is 0 Å². The van der Waals surface area contributed by atoms with Gasteiger partial charge in [0.25, 0.3) is 0 Å². The molecule has 3 aromatic rings. The average Bonchev–Trinajstić information content (AvgIpc) is 2.87. The molecule has 0 aliphatic carbocycles. The number of furan rings is 1. The van der Waals surface area contributed by atoms with Crippen molar-refractivity contribution in [2.45, 2.75) is 0 Å². The Morgan fingerprint density at radius 2 is 1.93 bits per heavy atom. The molecule has 3 heteroatoms. The zero-order valence-electron chi connectivity index (χ0n) is 7.94. The van der Waals surface area contributed by atoms with E-state index in [1.807, 2.05) is 41.8 Å². The van der Waals surface area contributed by atoms with Gasteiger partial charge in [-0.2, -0.15) is 0 Å². The molecule has 2 N–H and O–H groups in total. The molecule has 0 radical (unpaired) electrons. The lowest BCUT2D eigenvalue weighted by atomic mass is 10.2. The van der Waals surface area contributed by atoms with Crippen LogP contribution < -0.4 is 5.73 Å². The van der Waals surface area contributed by atoms with E-state index in [9.17, 15) is 0 Å². The first-order valence-electron chi connectivity index (χ1n) is 4.67. The van der Waals surface area contributed by atoms with Gasteiger partial charge in [0.2, 0.25) is 0 Å². The standard InChI is InChI=1S/C12H9NOS/c13-11-8-4-1-2-5-9(8)14-12(11)10-6-3-7-15-10/h1-7H,13H2. The Bertz CT molecular complexity index is 595. The van der Waals surface area contributed by atoms with Crippen molar-refractivity contribution in [1.82, 2.24) is 0 Å². The monoisotopic (exact) mass is 215 g/mol. The maximum atomic E-state index is 6.04. The minimum atomic E-state index is 0.730. The Morgan fingerprint density at radius 1 is 1.07 bits per heavy atom. The number of anilines is 1. The van der Waals surface area contributed by atoms with Crippen molar-refractivity contribution in [2.24, 2.45) is 0 Å². The van der Waals surface area contributed by atoms with Gasteiger partial charge in [0.15, 0.2) is 5.76 Å². The molecule has 1 aromatic carbocycles. The molecule has 0 amide bonds. The molecule has 0 unspecified atom stereocenters. The van der Waals surface area contributed by atoms with Gasteiger partial charge < -0.3 is 10.2 Å². The lowest BCUT2D eigenvalue weighted by Gasteiger charge is -1.91. The predicted molar refractivity (Wildman–Crippen MR) is 63.9 cm³/mol. The molecule has 0 spiro atoms. The van der Waals surface area contributed by atoms with Crippen LogP contribution in [0, 0.1) is 0 Å². The summed E-state index contributed by atoms with van der Waals surface area (Å²) in [6.45, 7) is 0. The molecule has 3 rings (SSSR count). The zero-order valence-corrected chi connectivity index (χ0v) is 8.75. The number of fused-ring (bicyclic) bond motifs is 1. The molecule has 0 saturated carbocycles. The largest absolute Gasteiger partial charge is 0.453 e. The van der Waals surface area contributed by atoms with Crippen LogP contribution in [0.2, 0.25) is 0 Å². The molecule has 0 aliphatic rings. The molecule has 2 nitrogen and oxygen atoms in total. The summed E-state index contributed by atoms with van der Waals surface area (Å²) in [4.78, 5) is 1.07. The number of thiophene rings is 1. The second kappa shape index (κ2) is 3.14. The maximum absolute atomic E-state index is 6.04. The van der Waals surface area contributed by atoms with Crippen LogP contribution in [0.4, 0.5) is 5.69 Å². The first-order chi connectivity index (χ1) is 7.36. The fourth-order valence-corrected chi connectivity index (χ4v) is 2.38. The van der Waals surface area contributed by atoms with Crippen LogP contribution in [-0.2, 0) is 0 Å². The van der Waals surface area contributed by atoms with E-state index in [-0.39, 0.29) is 0 Å². The van der Waals surface area contributed by atoms with Gasteiger partial charge in [0.05, 0.1) is 10.6 Å². The topological polar surface area (TPSA) is 39.2 Å². The molecule has 0 aliphatic heterocycles. The van der Waals surface area contributed by atoms with E-state index in [2.05, 4.69) is 0 Å². The molecule has 0 saturated heterocycles. The van der Waals surface area contributed by atoms with Crippen LogP contribution in [0.5, 0.6) is 0 Å². The van der Waals surface area contributed by atoms with Gasteiger partial charge in [-0.1, -0.05) is 18.2 Å². The normalized spacial score (nSPS) is 10.9. The summed E-state index contributed by atoms with van der Waals surface area (Å²) in [5.74, 6) is 0.784. The minimum Gasteiger partial charge on any atom is -0.453 e. The molecular weight excluding hydrogens is 206 g/mol. The van der Waals surface area contributed by atoms with Crippen LogP contribution in [0.1, 0.15) is 0 Å². The van der Waals surface area contributed by atoms with Gasteiger partial charge in [-0.15, -0.1) is 11.3 Å². The Morgan fingerprint density at radius 3 is 2.67 bits per heavy atom. The fraction of sp³-hybridized carbons (Fsp3) is 0. The van der Waals surface area contributed by atoms with Gasteiger partial charge in [0.1, 0.15) is 5.58 Å². The van der Waals surface area contributed by atoms with Gasteiger partial charge in [-0.05, 0) is 23.6 Å². The van der Waals surface area contributed by atoms with Crippen molar-refractivity contribution >= 4 is 28.0 Å². The number of benzene rings is 1. The van der Waals surface area contributed by atoms with E-state index in [0.29, 0.717) is 0 Å². The third kappa shape index (κ3) is 1.24. The highest BCUT2D eigenvalue weighted by atomic mass is 32.1. The second-order valence-electron chi connectivity index (χ2n) is 3.32. The van der Waals surface area contributed by atoms with Gasteiger partial charge >= 0.3 is 0 Å². The SMILES string of the molecule is Nc1c(-c2cccs2)oc2ccccc12. The second-order valence-corrected chi connectivity index (χ2v) is 4.27. The zero-order chi connectivity index (χ0) is 10.3. The molecule has 0 fully saturated rings. The molecule has 15 heavy (non-hydrogen) atoms. The molecule has 74 valence electrons. The first-order valence-corrected chi connectivity index (χ1v) is 5.55. The number of hydrogen-bond acceptors (Lipinski definition) is 3. The van der Waals surface area contributed by atoms with E-state index in [0.717, 1.165) is 27.3 Å². The molecule has 0 atom stereocenters. The fourth-order valence-electron chi connectivity index (χ4n) is 1.66. The third-order valence-electron chi connectivity index (χ3n) is 2.38. The Hall–Kier alpha value is -1.74. The van der Waals surface area contributed by atoms with Gasteiger partial charge in [0, 0.05) is 5.39 Å². The van der Waals surface area contributed by atoms with Crippen LogP contribution >= 0.6 is 11.3 Å². The lowest BCUT2D eigenvalue weighted by molar-refractivity contribution is 0.634. The van der Waals surface area contributed by atoms with Crippen molar-refractivity contribution in [2.75, 3.05) is 5.73 Å². The highest BCUT2D eigenvalue weighted by molar-refractivity contribution is 7.13. The van der Waals surface area contributed by atoms with Crippen LogP contribution in [-0.4, -0.2) is 0 Å². The van der Waals surface area contributed by atoms with E-state index in [1.54, 1.807) is 11.3 Å². The Kier molecular flexibility index (Phi) is 1.79. The Labute approximate surface area is 90.9 Å².